The molecule has 2 aliphatic heterocycles. The molecule has 210 valence electrons. The average molecular weight is 560 g/mol. The maximum Gasteiger partial charge on any atom is 0.292 e. The summed E-state index contributed by atoms with van der Waals surface area (Å²) in [5.41, 5.74) is 5.30. The molecule has 5 heterocycles. The van der Waals surface area contributed by atoms with Crippen molar-refractivity contribution in [3.63, 3.8) is 0 Å². The molecule has 2 aromatic carbocycles. The van der Waals surface area contributed by atoms with Gasteiger partial charge >= 0.3 is 0 Å². The van der Waals surface area contributed by atoms with Crippen molar-refractivity contribution in [1.82, 2.24) is 19.7 Å². The second kappa shape index (κ2) is 10.8. The third-order valence-corrected chi connectivity index (χ3v) is 8.08. The van der Waals surface area contributed by atoms with Crippen LogP contribution in [-0.2, 0) is 7.05 Å². The van der Waals surface area contributed by atoms with Crippen LogP contribution in [0.4, 0.5) is 0 Å². The molecule has 1 saturated heterocycles. The van der Waals surface area contributed by atoms with Gasteiger partial charge in [0.05, 0.1) is 11.3 Å². The summed E-state index contributed by atoms with van der Waals surface area (Å²) in [7, 11) is 1.90. The first-order valence-electron chi connectivity index (χ1n) is 14.3. The molecule has 10 heteroatoms. The predicted octanol–water partition coefficient (Wildman–Crippen LogP) is 6.68. The number of benzene rings is 2. The van der Waals surface area contributed by atoms with Crippen molar-refractivity contribution in [3.8, 4) is 22.5 Å². The van der Waals surface area contributed by atoms with Gasteiger partial charge in [-0.15, -0.1) is 0 Å². The molecule has 1 fully saturated rings. The Morgan fingerprint density at radius 3 is 2.57 bits per heavy atom. The maximum atomic E-state index is 13.6. The molecule has 10 nitrogen and oxygen atoms in total. The quantitative estimate of drug-likeness (QED) is 0.216. The van der Waals surface area contributed by atoms with Crippen LogP contribution in [0.3, 0.4) is 0 Å². The third-order valence-electron chi connectivity index (χ3n) is 8.08. The molecular formula is C32H31N8O2+. The normalized spacial score (nSPS) is 18.0. The summed E-state index contributed by atoms with van der Waals surface area (Å²) < 4.78 is 7.95. The lowest BCUT2D eigenvalue weighted by Crippen LogP contribution is -2.41. The minimum absolute atomic E-state index is 0.00893. The molecule has 42 heavy (non-hydrogen) atoms. The highest BCUT2D eigenvalue weighted by atomic mass is 16.3. The number of hydrogen-bond donors (Lipinski definition) is 0. The number of aromatic nitrogens is 3. The number of aryl methyl sites for hydroxylation is 1. The van der Waals surface area contributed by atoms with Crippen LogP contribution in [0.2, 0.25) is 0 Å². The summed E-state index contributed by atoms with van der Waals surface area (Å²) in [6, 6.07) is 22.1. The number of piperidine rings is 1. The number of furan rings is 1. The largest absolute Gasteiger partial charge is 0.456 e. The molecule has 0 radical (unpaired) electrons. The van der Waals surface area contributed by atoms with E-state index in [2.05, 4.69) is 43.7 Å². The third kappa shape index (κ3) is 5.00. The Kier molecular flexibility index (Phi) is 6.65. The monoisotopic (exact) mass is 559 g/mol. The van der Waals surface area contributed by atoms with Gasteiger partial charge in [0, 0.05) is 67.4 Å². The number of carbonyl (C=O) groups is 1. The van der Waals surface area contributed by atoms with Crippen LogP contribution in [0, 0.1) is 5.92 Å². The van der Waals surface area contributed by atoms with E-state index in [1.807, 2.05) is 79.8 Å². The van der Waals surface area contributed by atoms with Crippen LogP contribution < -0.4 is 0 Å². The highest BCUT2D eigenvalue weighted by Gasteiger charge is 2.38. The second-order valence-electron chi connectivity index (χ2n) is 11.0. The predicted molar refractivity (Wildman–Crippen MR) is 156 cm³/mol. The molecule has 0 N–H and O–H groups in total. The van der Waals surface area contributed by atoms with Gasteiger partial charge in [-0.1, -0.05) is 36.4 Å². The summed E-state index contributed by atoms with van der Waals surface area (Å²) in [6.07, 6.45) is 7.01. The van der Waals surface area contributed by atoms with Crippen molar-refractivity contribution in [3.05, 3.63) is 96.6 Å². The van der Waals surface area contributed by atoms with Gasteiger partial charge in [-0.2, -0.15) is 5.10 Å². The molecule has 1 amide bonds. The molecule has 2 unspecified atom stereocenters. The highest BCUT2D eigenvalue weighted by molar-refractivity contribution is 5.94. The SMILES string of the molecule is CC1N=N[N+](C(c2ccccc2)C2CCN(C(=O)c3cc(-c4cc5cc(-c6cnn(C)c6)ccc5o4)ccn3)CC2)=N1. The van der Waals surface area contributed by atoms with Crippen molar-refractivity contribution in [2.24, 2.45) is 28.4 Å². The fourth-order valence-electron chi connectivity index (χ4n) is 5.93. The Hall–Kier alpha value is -4.99. The van der Waals surface area contributed by atoms with E-state index >= 15 is 0 Å². The van der Waals surface area contributed by atoms with E-state index in [-0.39, 0.29) is 24.0 Å². The lowest BCUT2D eigenvalue weighted by atomic mass is 9.85. The summed E-state index contributed by atoms with van der Waals surface area (Å²) in [5.74, 6) is 0.920. The summed E-state index contributed by atoms with van der Waals surface area (Å²) in [4.78, 5) is 21.7. The first-order valence-corrected chi connectivity index (χ1v) is 14.3. The molecule has 7 rings (SSSR count). The van der Waals surface area contributed by atoms with Gasteiger partial charge in [-0.3, -0.25) is 14.5 Å². The van der Waals surface area contributed by atoms with Gasteiger partial charge < -0.3 is 9.32 Å². The highest BCUT2D eigenvalue weighted by Crippen LogP contribution is 2.36. The Morgan fingerprint density at radius 2 is 1.83 bits per heavy atom. The van der Waals surface area contributed by atoms with Crippen molar-refractivity contribution in [1.29, 1.82) is 0 Å². The van der Waals surface area contributed by atoms with Gasteiger partial charge in [0.2, 0.25) is 0 Å². The summed E-state index contributed by atoms with van der Waals surface area (Å²) in [6.45, 7) is 3.21. The fourth-order valence-corrected chi connectivity index (χ4v) is 5.93. The molecule has 2 aliphatic rings. The van der Waals surface area contributed by atoms with Crippen LogP contribution in [0.25, 0.3) is 33.4 Å². The molecule has 0 bridgehead atoms. The van der Waals surface area contributed by atoms with Crippen LogP contribution in [0.5, 0.6) is 0 Å². The van der Waals surface area contributed by atoms with Gasteiger partial charge in [0.15, 0.2) is 11.3 Å². The van der Waals surface area contributed by atoms with Crippen molar-refractivity contribution in [2.45, 2.75) is 32.0 Å². The summed E-state index contributed by atoms with van der Waals surface area (Å²) >= 11 is 0. The van der Waals surface area contributed by atoms with E-state index < -0.39 is 0 Å². The van der Waals surface area contributed by atoms with Crippen molar-refractivity contribution in [2.75, 3.05) is 13.1 Å². The van der Waals surface area contributed by atoms with E-state index in [1.165, 1.54) is 0 Å². The van der Waals surface area contributed by atoms with Crippen LogP contribution >= 0.6 is 0 Å². The number of nitrogens with zero attached hydrogens (tertiary/aromatic N) is 8. The van der Waals surface area contributed by atoms with Gasteiger partial charge in [0.1, 0.15) is 17.0 Å². The number of carbonyl (C=O) groups excluding carboxylic acids is 1. The number of amides is 1. The van der Waals surface area contributed by atoms with E-state index in [0.717, 1.165) is 46.1 Å². The second-order valence-corrected chi connectivity index (χ2v) is 11.0. The zero-order valence-electron chi connectivity index (χ0n) is 23.5. The average Bonchev–Trinajstić information content (AvgIpc) is 3.77. The summed E-state index contributed by atoms with van der Waals surface area (Å²) in [5, 5.41) is 18.4. The zero-order chi connectivity index (χ0) is 28.6. The molecule has 2 atom stereocenters. The molecule has 0 spiro atoms. The number of rotatable bonds is 6. The topological polar surface area (TPSA) is 104 Å². The standard InChI is InChI=1S/C32H31N8O2/c1-21-35-37-40(36-21)31(22-6-4-3-5-7-22)23-11-14-39(15-12-23)32(41)28-17-25(10-13-33-28)30-18-26-16-24(8-9-29(26)42-30)27-19-34-38(2)20-27/h3-10,13,16-21,23,31H,11-12,14-15H2,1-2H3/q+1. The van der Waals surface area contributed by atoms with Crippen LogP contribution in [0.15, 0.2) is 105 Å². The van der Waals surface area contributed by atoms with Gasteiger partial charge in [-0.25, -0.2) is 0 Å². The molecule has 3 aromatic heterocycles. The van der Waals surface area contributed by atoms with Crippen LogP contribution in [-0.4, -0.2) is 49.6 Å². The van der Waals surface area contributed by atoms with E-state index in [1.54, 1.807) is 15.7 Å². The molecule has 5 aromatic rings. The smallest absolute Gasteiger partial charge is 0.292 e. The number of fused-ring (bicyclic) bond motifs is 1. The maximum absolute atomic E-state index is 13.6. The van der Waals surface area contributed by atoms with Gasteiger partial charge in [-0.05, 0) is 58.7 Å². The van der Waals surface area contributed by atoms with Crippen molar-refractivity contribution >= 4 is 16.9 Å². The number of hydrogen-bond acceptors (Lipinski definition) is 7. The molecule has 0 saturated carbocycles. The molecular weight excluding hydrogens is 528 g/mol. The Morgan fingerprint density at radius 1 is 1.00 bits per heavy atom. The number of likely N-dealkylation sites (tertiary alicyclic amines) is 1. The van der Waals surface area contributed by atoms with E-state index in [0.29, 0.717) is 24.5 Å². The van der Waals surface area contributed by atoms with Crippen LogP contribution in [0.1, 0.15) is 41.9 Å². The Labute approximate surface area is 243 Å². The van der Waals surface area contributed by atoms with E-state index in [4.69, 9.17) is 4.42 Å². The Bertz CT molecular complexity index is 1810. The first kappa shape index (κ1) is 25.9. The Balaban J connectivity index is 1.07. The van der Waals surface area contributed by atoms with Gasteiger partial charge in [0.25, 0.3) is 12.1 Å². The lowest BCUT2D eigenvalue weighted by molar-refractivity contribution is -0.647. The minimum atomic E-state index is -0.175. The minimum Gasteiger partial charge on any atom is -0.456 e. The number of pyridine rings is 1. The van der Waals surface area contributed by atoms with Crippen molar-refractivity contribution < 1.29 is 14.0 Å². The molecule has 0 aliphatic carbocycles. The fraction of sp³-hybridized carbons (Fsp3) is 0.281. The van der Waals surface area contributed by atoms with E-state index in [9.17, 15) is 4.79 Å². The first-order chi connectivity index (χ1) is 20.5. The zero-order valence-corrected chi connectivity index (χ0v) is 23.5. The number of azo groups is 1. The lowest BCUT2D eigenvalue weighted by Gasteiger charge is -2.34.